The Hall–Kier alpha value is -1.79. The van der Waals surface area contributed by atoms with Crippen LogP contribution in [-0.2, 0) is 4.74 Å². The van der Waals surface area contributed by atoms with Crippen LogP contribution in [0.3, 0.4) is 0 Å². The van der Waals surface area contributed by atoms with Gasteiger partial charge in [-0.05, 0) is 18.6 Å². The first kappa shape index (κ1) is 15.6. The number of carbonyl (C=O) groups excluding carboxylic acids is 1. The van der Waals surface area contributed by atoms with Gasteiger partial charge >= 0.3 is 12.0 Å². The molecule has 1 heterocycles. The van der Waals surface area contributed by atoms with Crippen LogP contribution in [0.1, 0.15) is 23.7 Å². The number of carboxylic acids is 1. The van der Waals surface area contributed by atoms with Gasteiger partial charge in [-0.1, -0.05) is 24.6 Å². The predicted octanol–water partition coefficient (Wildman–Crippen LogP) is 2.68. The quantitative estimate of drug-likeness (QED) is 0.899. The lowest BCUT2D eigenvalue weighted by molar-refractivity contribution is -0.0134. The summed E-state index contributed by atoms with van der Waals surface area (Å²) in [6, 6.07) is 4.24. The Labute approximate surface area is 127 Å². The zero-order valence-corrected chi connectivity index (χ0v) is 12.4. The number of aromatic carboxylic acids is 1. The van der Waals surface area contributed by atoms with Crippen LogP contribution < -0.4 is 5.32 Å². The number of hydrogen-bond donors (Lipinski definition) is 2. The fourth-order valence-corrected chi connectivity index (χ4v) is 2.45. The second-order valence-electron chi connectivity index (χ2n) is 4.74. The summed E-state index contributed by atoms with van der Waals surface area (Å²) in [5, 5.41) is 11.9. The van der Waals surface area contributed by atoms with Crippen molar-refractivity contribution in [3.63, 3.8) is 0 Å². The Kier molecular flexibility index (Phi) is 5.03. The SMILES string of the molecule is CCC1CN(C(=O)Nc2cccc(Cl)c2C(=O)O)CCO1. The van der Waals surface area contributed by atoms with Gasteiger partial charge in [-0.2, -0.15) is 0 Å². The number of rotatable bonds is 3. The third kappa shape index (κ3) is 3.65. The number of halogens is 1. The lowest BCUT2D eigenvalue weighted by Gasteiger charge is -2.32. The number of carbonyl (C=O) groups is 2. The number of nitrogens with zero attached hydrogens (tertiary/aromatic N) is 1. The molecule has 0 aliphatic carbocycles. The van der Waals surface area contributed by atoms with Gasteiger partial charge < -0.3 is 20.1 Å². The molecule has 21 heavy (non-hydrogen) atoms. The molecule has 7 heteroatoms. The zero-order valence-electron chi connectivity index (χ0n) is 11.6. The molecule has 1 aromatic rings. The van der Waals surface area contributed by atoms with Crippen LogP contribution in [0.25, 0.3) is 0 Å². The van der Waals surface area contributed by atoms with E-state index in [2.05, 4.69) is 5.32 Å². The first-order chi connectivity index (χ1) is 10.0. The van der Waals surface area contributed by atoms with Crippen molar-refractivity contribution in [1.29, 1.82) is 0 Å². The molecular weight excluding hydrogens is 296 g/mol. The normalized spacial score (nSPS) is 18.4. The number of ether oxygens (including phenoxy) is 1. The highest BCUT2D eigenvalue weighted by Crippen LogP contribution is 2.24. The highest BCUT2D eigenvalue weighted by atomic mass is 35.5. The van der Waals surface area contributed by atoms with E-state index in [1.165, 1.54) is 12.1 Å². The second kappa shape index (κ2) is 6.78. The Bertz CT molecular complexity index is 550. The molecule has 0 spiro atoms. The third-order valence-electron chi connectivity index (χ3n) is 3.35. The number of urea groups is 1. The standard InChI is InChI=1S/C14H17ClN2O4/c1-2-9-8-17(6-7-21-9)14(20)16-11-5-3-4-10(15)12(11)13(18)19/h3-5,9H,2,6-8H2,1H3,(H,16,20)(H,18,19). The molecular formula is C14H17ClN2O4. The van der Waals surface area contributed by atoms with E-state index in [1.54, 1.807) is 11.0 Å². The third-order valence-corrected chi connectivity index (χ3v) is 3.67. The Morgan fingerprint density at radius 2 is 2.29 bits per heavy atom. The van der Waals surface area contributed by atoms with Crippen LogP contribution in [0.4, 0.5) is 10.5 Å². The van der Waals surface area contributed by atoms with Gasteiger partial charge in [-0.3, -0.25) is 0 Å². The Morgan fingerprint density at radius 1 is 1.52 bits per heavy atom. The van der Waals surface area contributed by atoms with Gasteiger partial charge in [-0.15, -0.1) is 0 Å². The molecule has 1 saturated heterocycles. The molecule has 1 aromatic carbocycles. The van der Waals surface area contributed by atoms with Gasteiger partial charge in [0, 0.05) is 13.1 Å². The summed E-state index contributed by atoms with van der Waals surface area (Å²) in [6.45, 7) is 3.44. The highest BCUT2D eigenvalue weighted by molar-refractivity contribution is 6.34. The smallest absolute Gasteiger partial charge is 0.339 e. The highest BCUT2D eigenvalue weighted by Gasteiger charge is 2.24. The summed E-state index contributed by atoms with van der Waals surface area (Å²) in [7, 11) is 0. The predicted molar refractivity (Wildman–Crippen MR) is 79.0 cm³/mol. The molecule has 1 fully saturated rings. The van der Waals surface area contributed by atoms with Gasteiger partial charge in [0.05, 0.1) is 23.4 Å². The van der Waals surface area contributed by atoms with E-state index in [1.807, 2.05) is 6.92 Å². The summed E-state index contributed by atoms with van der Waals surface area (Å²) in [5.74, 6) is -1.18. The van der Waals surface area contributed by atoms with E-state index in [0.29, 0.717) is 19.7 Å². The maximum atomic E-state index is 12.2. The lowest BCUT2D eigenvalue weighted by atomic mass is 10.1. The Balaban J connectivity index is 2.13. The average molecular weight is 313 g/mol. The average Bonchev–Trinajstić information content (AvgIpc) is 2.47. The monoisotopic (exact) mass is 312 g/mol. The van der Waals surface area contributed by atoms with Gasteiger partial charge in [0.25, 0.3) is 0 Å². The van der Waals surface area contributed by atoms with E-state index in [-0.39, 0.29) is 28.4 Å². The fraction of sp³-hybridized carbons (Fsp3) is 0.429. The van der Waals surface area contributed by atoms with Gasteiger partial charge in [-0.25, -0.2) is 9.59 Å². The molecule has 2 rings (SSSR count). The summed E-state index contributed by atoms with van der Waals surface area (Å²) < 4.78 is 5.50. The topological polar surface area (TPSA) is 78.9 Å². The number of carboxylic acid groups (broad SMARTS) is 1. The number of amides is 2. The summed E-state index contributed by atoms with van der Waals surface area (Å²) in [4.78, 5) is 25.1. The molecule has 2 amide bonds. The summed E-state index contributed by atoms with van der Waals surface area (Å²) in [5.41, 5.74) is 0.0901. The Morgan fingerprint density at radius 3 is 2.95 bits per heavy atom. The minimum absolute atomic E-state index is 0.0165. The van der Waals surface area contributed by atoms with Crippen LogP contribution in [0.2, 0.25) is 5.02 Å². The van der Waals surface area contributed by atoms with Crippen molar-refractivity contribution < 1.29 is 19.4 Å². The lowest BCUT2D eigenvalue weighted by Crippen LogP contribution is -2.47. The largest absolute Gasteiger partial charge is 0.478 e. The number of anilines is 1. The molecule has 6 nitrogen and oxygen atoms in total. The number of nitrogens with one attached hydrogen (secondary N) is 1. The van der Waals surface area contributed by atoms with Crippen molar-refractivity contribution in [3.8, 4) is 0 Å². The van der Waals surface area contributed by atoms with Crippen LogP contribution >= 0.6 is 11.6 Å². The van der Waals surface area contributed by atoms with E-state index in [4.69, 9.17) is 16.3 Å². The van der Waals surface area contributed by atoms with Crippen molar-refractivity contribution in [2.75, 3.05) is 25.0 Å². The maximum Gasteiger partial charge on any atom is 0.339 e. The van der Waals surface area contributed by atoms with Crippen LogP contribution in [0, 0.1) is 0 Å². The molecule has 0 bridgehead atoms. The summed E-state index contributed by atoms with van der Waals surface area (Å²) in [6.07, 6.45) is 0.837. The molecule has 1 atom stereocenters. The second-order valence-corrected chi connectivity index (χ2v) is 5.15. The fourth-order valence-electron chi connectivity index (χ4n) is 2.19. The molecule has 0 aromatic heterocycles. The first-order valence-electron chi connectivity index (χ1n) is 6.72. The number of morpholine rings is 1. The minimum Gasteiger partial charge on any atom is -0.478 e. The molecule has 0 radical (unpaired) electrons. The molecule has 1 aliphatic rings. The molecule has 1 unspecified atom stereocenters. The van der Waals surface area contributed by atoms with Crippen LogP contribution in [-0.4, -0.2) is 47.8 Å². The maximum absolute atomic E-state index is 12.2. The summed E-state index contributed by atoms with van der Waals surface area (Å²) >= 11 is 5.87. The minimum atomic E-state index is -1.18. The van der Waals surface area contributed by atoms with Gasteiger partial charge in [0.15, 0.2) is 0 Å². The van der Waals surface area contributed by atoms with E-state index < -0.39 is 5.97 Å². The first-order valence-corrected chi connectivity index (χ1v) is 7.10. The number of benzene rings is 1. The van der Waals surface area contributed by atoms with E-state index >= 15 is 0 Å². The van der Waals surface area contributed by atoms with Crippen LogP contribution in [0.5, 0.6) is 0 Å². The van der Waals surface area contributed by atoms with Crippen molar-refractivity contribution in [2.45, 2.75) is 19.4 Å². The van der Waals surface area contributed by atoms with Crippen molar-refractivity contribution in [3.05, 3.63) is 28.8 Å². The molecule has 114 valence electrons. The number of hydrogen-bond acceptors (Lipinski definition) is 3. The van der Waals surface area contributed by atoms with Crippen molar-refractivity contribution in [2.24, 2.45) is 0 Å². The van der Waals surface area contributed by atoms with E-state index in [9.17, 15) is 14.7 Å². The molecule has 0 saturated carbocycles. The van der Waals surface area contributed by atoms with Crippen molar-refractivity contribution in [1.82, 2.24) is 4.90 Å². The van der Waals surface area contributed by atoms with E-state index in [0.717, 1.165) is 6.42 Å². The molecule has 2 N–H and O–H groups in total. The van der Waals surface area contributed by atoms with Crippen LogP contribution in [0.15, 0.2) is 18.2 Å². The zero-order chi connectivity index (χ0) is 15.4. The molecule has 1 aliphatic heterocycles. The van der Waals surface area contributed by atoms with Crippen molar-refractivity contribution >= 4 is 29.3 Å². The van der Waals surface area contributed by atoms with Gasteiger partial charge in [0.2, 0.25) is 0 Å². The van der Waals surface area contributed by atoms with Gasteiger partial charge in [0.1, 0.15) is 5.56 Å².